The Morgan fingerprint density at radius 2 is 2.00 bits per heavy atom. The number of aromatic nitrogens is 1. The van der Waals surface area contributed by atoms with Gasteiger partial charge in [-0.2, -0.15) is 9.30 Å². The minimum atomic E-state index is -3.71. The summed E-state index contributed by atoms with van der Waals surface area (Å²) in [5.74, 6) is 2.37. The Morgan fingerprint density at radius 3 is 2.72 bits per heavy atom. The monoisotopic (exact) mass is 469 g/mol. The fourth-order valence-corrected chi connectivity index (χ4v) is 6.35. The molecule has 2 aromatic carbocycles. The van der Waals surface area contributed by atoms with Crippen LogP contribution in [-0.4, -0.2) is 43.4 Å². The van der Waals surface area contributed by atoms with Gasteiger partial charge in [0.25, 0.3) is 5.91 Å². The van der Waals surface area contributed by atoms with Crippen molar-refractivity contribution in [1.29, 1.82) is 0 Å². The van der Waals surface area contributed by atoms with E-state index in [4.69, 9.17) is 11.2 Å². The van der Waals surface area contributed by atoms with Crippen LogP contribution in [0.1, 0.15) is 12.8 Å². The Bertz CT molecular complexity index is 1350. The molecule has 1 saturated heterocycles. The van der Waals surface area contributed by atoms with Crippen molar-refractivity contribution < 1.29 is 17.9 Å². The number of nitrogens with zero attached hydrogens (tertiary/aromatic N) is 3. The molecular weight excluding hydrogens is 446 g/mol. The van der Waals surface area contributed by atoms with E-state index in [1.807, 2.05) is 28.8 Å². The number of carbonyl (C=O) groups excluding carboxylic acids is 1. The molecule has 1 amide bonds. The number of amides is 1. The van der Waals surface area contributed by atoms with Crippen LogP contribution in [0.3, 0.4) is 0 Å². The number of ether oxygens (including phenoxy) is 1. The van der Waals surface area contributed by atoms with Crippen LogP contribution in [0.5, 0.6) is 5.75 Å². The molecule has 4 rings (SSSR count). The molecule has 1 aromatic heterocycles. The number of rotatable bonds is 5. The predicted molar refractivity (Wildman–Crippen MR) is 124 cm³/mol. The second-order valence-corrected chi connectivity index (χ2v) is 10.4. The summed E-state index contributed by atoms with van der Waals surface area (Å²) >= 11 is 1.40. The maximum Gasteiger partial charge on any atom is 0.252 e. The van der Waals surface area contributed by atoms with Crippen LogP contribution in [0.4, 0.5) is 0 Å². The van der Waals surface area contributed by atoms with Crippen molar-refractivity contribution in [3.8, 4) is 18.1 Å². The molecule has 0 radical (unpaired) electrons. The lowest BCUT2D eigenvalue weighted by atomic mass is 9.99. The minimum absolute atomic E-state index is 0.108. The number of methoxy groups -OCH3 is 1. The van der Waals surface area contributed by atoms with Gasteiger partial charge < -0.3 is 9.30 Å². The number of sulfonamides is 1. The predicted octanol–water partition coefficient (Wildman–Crippen LogP) is 2.87. The first-order chi connectivity index (χ1) is 15.4. The van der Waals surface area contributed by atoms with Crippen LogP contribution in [0, 0.1) is 18.3 Å². The summed E-state index contributed by atoms with van der Waals surface area (Å²) in [6.45, 7) is 0.785. The van der Waals surface area contributed by atoms with Crippen LogP contribution in [0.25, 0.3) is 10.2 Å². The molecule has 3 aromatic rings. The van der Waals surface area contributed by atoms with Gasteiger partial charge in [0.05, 0.1) is 34.7 Å². The molecule has 9 heteroatoms. The van der Waals surface area contributed by atoms with Crippen LogP contribution < -0.4 is 9.54 Å². The average Bonchev–Trinajstić information content (AvgIpc) is 3.16. The van der Waals surface area contributed by atoms with Crippen molar-refractivity contribution in [2.75, 3.05) is 20.2 Å². The Kier molecular flexibility index (Phi) is 6.46. The van der Waals surface area contributed by atoms with Crippen molar-refractivity contribution in [3.05, 3.63) is 53.3 Å². The molecule has 1 unspecified atom stereocenters. The number of carbonyl (C=O) groups is 1. The fourth-order valence-electron chi connectivity index (χ4n) is 3.79. The molecule has 166 valence electrons. The van der Waals surface area contributed by atoms with Gasteiger partial charge in [0.15, 0.2) is 4.80 Å². The zero-order chi connectivity index (χ0) is 22.7. The highest BCUT2D eigenvalue weighted by Gasteiger charge is 2.33. The highest BCUT2D eigenvalue weighted by Crippen LogP contribution is 2.26. The summed E-state index contributed by atoms with van der Waals surface area (Å²) < 4.78 is 35.5. The van der Waals surface area contributed by atoms with Crippen molar-refractivity contribution in [2.24, 2.45) is 10.9 Å². The molecule has 1 atom stereocenters. The minimum Gasteiger partial charge on any atom is -0.497 e. The van der Waals surface area contributed by atoms with E-state index in [1.54, 1.807) is 12.1 Å². The summed E-state index contributed by atoms with van der Waals surface area (Å²) in [6.07, 6.45) is 6.71. The molecule has 0 saturated carbocycles. The zero-order valence-corrected chi connectivity index (χ0v) is 19.2. The number of terminal acetylenes is 1. The lowest BCUT2D eigenvalue weighted by Crippen LogP contribution is -2.42. The van der Waals surface area contributed by atoms with Gasteiger partial charge in [0.2, 0.25) is 10.0 Å². The maximum atomic E-state index is 13.1. The van der Waals surface area contributed by atoms with Crippen LogP contribution >= 0.6 is 11.3 Å². The molecule has 1 aliphatic heterocycles. The quantitative estimate of drug-likeness (QED) is 0.538. The van der Waals surface area contributed by atoms with E-state index >= 15 is 0 Å². The summed E-state index contributed by atoms with van der Waals surface area (Å²) in [5, 5.41) is 0. The first kappa shape index (κ1) is 22.3. The molecule has 0 spiro atoms. The fraction of sp³-hybridized carbons (Fsp3) is 0.304. The van der Waals surface area contributed by atoms with Gasteiger partial charge in [-0.25, -0.2) is 8.42 Å². The standard InChI is InChI=1S/C23H23N3O4S2/c1-3-14-26-20-8-4-5-9-21(20)31-23(26)24-22(27)17-7-6-15-25(16-17)32(28,29)19-12-10-18(30-2)11-13-19/h1,4-5,8-13,17H,6-7,14-16H2,2H3. The Labute approximate surface area is 191 Å². The number of hydrogen-bond acceptors (Lipinski definition) is 5. The Morgan fingerprint density at radius 1 is 1.25 bits per heavy atom. The third-order valence-corrected chi connectivity index (χ3v) is 8.41. The summed E-state index contributed by atoms with van der Waals surface area (Å²) in [4.78, 5) is 18.1. The first-order valence-corrected chi connectivity index (χ1v) is 12.4. The van der Waals surface area contributed by atoms with Crippen LogP contribution in [0.2, 0.25) is 0 Å². The largest absolute Gasteiger partial charge is 0.497 e. The highest BCUT2D eigenvalue weighted by atomic mass is 32.2. The lowest BCUT2D eigenvalue weighted by Gasteiger charge is -2.30. The van der Waals surface area contributed by atoms with Crippen LogP contribution in [0.15, 0.2) is 58.4 Å². The lowest BCUT2D eigenvalue weighted by molar-refractivity contribution is -0.122. The van der Waals surface area contributed by atoms with E-state index in [9.17, 15) is 13.2 Å². The molecule has 0 aliphatic carbocycles. The SMILES string of the molecule is C#CCn1c(=NC(=O)C2CCCN(S(=O)(=O)c3ccc(OC)cc3)C2)sc2ccccc21. The van der Waals surface area contributed by atoms with E-state index in [2.05, 4.69) is 10.9 Å². The van der Waals surface area contributed by atoms with Crippen molar-refractivity contribution in [1.82, 2.24) is 8.87 Å². The van der Waals surface area contributed by atoms with Gasteiger partial charge in [0.1, 0.15) is 5.75 Å². The van der Waals surface area contributed by atoms with Crippen LogP contribution in [-0.2, 0) is 21.4 Å². The van der Waals surface area contributed by atoms with Crippen molar-refractivity contribution >= 4 is 37.5 Å². The van der Waals surface area contributed by atoms with Gasteiger partial charge in [-0.15, -0.1) is 6.42 Å². The number of benzene rings is 2. The molecular formula is C23H23N3O4S2. The second kappa shape index (κ2) is 9.28. The van der Waals surface area contributed by atoms with E-state index in [0.717, 1.165) is 10.2 Å². The normalized spacial score (nSPS) is 17.9. The van der Waals surface area contributed by atoms with Crippen molar-refractivity contribution in [2.45, 2.75) is 24.3 Å². The molecule has 7 nitrogen and oxygen atoms in total. The maximum absolute atomic E-state index is 13.1. The Hall–Kier alpha value is -2.93. The van der Waals surface area contributed by atoms with Gasteiger partial charge >= 0.3 is 0 Å². The number of para-hydroxylation sites is 1. The molecule has 2 heterocycles. The van der Waals surface area contributed by atoms with E-state index < -0.39 is 15.9 Å². The number of piperidine rings is 1. The smallest absolute Gasteiger partial charge is 0.252 e. The van der Waals surface area contributed by atoms with Gasteiger partial charge in [-0.3, -0.25) is 4.79 Å². The van der Waals surface area contributed by atoms with Gasteiger partial charge in [0, 0.05) is 13.1 Å². The molecule has 0 bridgehead atoms. The van der Waals surface area contributed by atoms with Crippen molar-refractivity contribution in [3.63, 3.8) is 0 Å². The first-order valence-electron chi connectivity index (χ1n) is 10.2. The molecule has 32 heavy (non-hydrogen) atoms. The van der Waals surface area contributed by atoms with E-state index in [1.165, 1.54) is 34.9 Å². The summed E-state index contributed by atoms with van der Waals surface area (Å²) in [6, 6.07) is 14.0. The molecule has 0 N–H and O–H groups in total. The Balaban J connectivity index is 1.60. The second-order valence-electron chi connectivity index (χ2n) is 7.47. The van der Waals surface area contributed by atoms with E-state index in [0.29, 0.717) is 36.5 Å². The number of fused-ring (bicyclic) bond motifs is 1. The zero-order valence-electron chi connectivity index (χ0n) is 17.6. The molecule has 1 aliphatic rings. The third kappa shape index (κ3) is 4.35. The van der Waals surface area contributed by atoms with E-state index in [-0.39, 0.29) is 17.3 Å². The summed E-state index contributed by atoms with van der Waals surface area (Å²) in [7, 11) is -2.18. The number of thiazole rings is 1. The van der Waals surface area contributed by atoms with Gasteiger partial charge in [-0.1, -0.05) is 29.4 Å². The average molecular weight is 470 g/mol. The molecule has 1 fully saturated rings. The topological polar surface area (TPSA) is 81.0 Å². The number of hydrogen-bond donors (Lipinski definition) is 0. The summed E-state index contributed by atoms with van der Waals surface area (Å²) in [5.41, 5.74) is 0.925. The van der Waals surface area contributed by atoms with Gasteiger partial charge in [-0.05, 0) is 49.2 Å². The third-order valence-electron chi connectivity index (χ3n) is 5.47. The highest BCUT2D eigenvalue weighted by molar-refractivity contribution is 7.89.